The van der Waals surface area contributed by atoms with Crippen LogP contribution in [0.4, 0.5) is 0 Å². The summed E-state index contributed by atoms with van der Waals surface area (Å²) in [5.41, 5.74) is 2.54. The van der Waals surface area contributed by atoms with E-state index in [9.17, 15) is 19.0 Å². The lowest BCUT2D eigenvalue weighted by Crippen LogP contribution is -2.41. The van der Waals surface area contributed by atoms with Gasteiger partial charge in [0.15, 0.2) is 5.78 Å². The van der Waals surface area contributed by atoms with E-state index in [1.165, 1.54) is 32.1 Å². The highest BCUT2D eigenvalue weighted by Gasteiger charge is 2.20. The second kappa shape index (κ2) is 17.4. The van der Waals surface area contributed by atoms with Gasteiger partial charge in [-0.2, -0.15) is 0 Å². The molecule has 0 radical (unpaired) electrons. The molecule has 0 aliphatic rings. The molecule has 0 rings (SSSR count). The van der Waals surface area contributed by atoms with Crippen molar-refractivity contribution in [2.75, 3.05) is 0 Å². The van der Waals surface area contributed by atoms with Crippen molar-refractivity contribution in [1.29, 1.82) is 0 Å². The van der Waals surface area contributed by atoms with Gasteiger partial charge in [-0.3, -0.25) is 15.4 Å². The summed E-state index contributed by atoms with van der Waals surface area (Å²) in [5.74, 6) is 3.97. The molecule has 3 atom stereocenters. The Morgan fingerprint density at radius 1 is 0.963 bits per heavy atom. The normalized spacial score (nSPS) is 14.0. The number of hydrazine groups is 1. The van der Waals surface area contributed by atoms with Gasteiger partial charge >= 0.3 is 8.03 Å². The summed E-state index contributed by atoms with van der Waals surface area (Å²) in [5, 5.41) is 9.15. The molecule has 4 N–H and O–H groups in total. The van der Waals surface area contributed by atoms with Gasteiger partial charge in [-0.15, -0.1) is 0 Å². The van der Waals surface area contributed by atoms with E-state index in [1.807, 2.05) is 0 Å². The molecule has 3 unspecified atom stereocenters. The number of Topliss-reactive ketones (excluding diaryl/α,β-unsaturated/α-hetero) is 2. The predicted molar refractivity (Wildman–Crippen MR) is 105 cm³/mol. The average Bonchev–Trinajstić information content (AvgIpc) is 2.65. The highest BCUT2D eigenvalue weighted by Crippen LogP contribution is 2.20. The monoisotopic (exact) mass is 404 g/mol. The van der Waals surface area contributed by atoms with Gasteiger partial charge in [-0.05, 0) is 19.3 Å². The molecule has 0 bridgehead atoms. The van der Waals surface area contributed by atoms with E-state index in [4.69, 9.17) is 10.9 Å². The van der Waals surface area contributed by atoms with Crippen LogP contribution in [0.2, 0.25) is 0 Å². The van der Waals surface area contributed by atoms with Crippen molar-refractivity contribution in [1.82, 2.24) is 5.43 Å². The average molecular weight is 404 g/mol. The second-order valence-corrected chi connectivity index (χ2v) is 8.31. The van der Waals surface area contributed by atoms with Gasteiger partial charge in [-0.25, -0.2) is 5.43 Å². The molecular formula is C19H37N2O5P. The topological polar surface area (TPSA) is 133 Å². The summed E-state index contributed by atoms with van der Waals surface area (Å²) in [7, 11) is -2.91. The molecule has 7 nitrogen and oxygen atoms in total. The number of aliphatic hydroxyl groups is 1. The SMILES string of the molecule is CCCCCCCCCCC(=O)C(CCCC(=O)CCC(O)[P+](=O)[O-])NN. The van der Waals surface area contributed by atoms with Crippen molar-refractivity contribution >= 4 is 19.6 Å². The Morgan fingerprint density at radius 2 is 1.56 bits per heavy atom. The smallest absolute Gasteiger partial charge is 0.341 e. The first kappa shape index (κ1) is 26.3. The number of nitrogens with one attached hydrogen (secondary N) is 1. The maximum Gasteiger partial charge on any atom is 0.341 e. The van der Waals surface area contributed by atoms with Crippen LogP contribution < -0.4 is 16.2 Å². The van der Waals surface area contributed by atoms with E-state index >= 15 is 0 Å². The molecule has 0 aromatic rings. The maximum absolute atomic E-state index is 12.2. The number of carbonyl (C=O) groups is 2. The van der Waals surface area contributed by atoms with Gasteiger partial charge in [0.1, 0.15) is 5.78 Å². The zero-order valence-electron chi connectivity index (χ0n) is 16.7. The predicted octanol–water partition coefficient (Wildman–Crippen LogP) is 2.86. The summed E-state index contributed by atoms with van der Waals surface area (Å²) in [6.45, 7) is 2.20. The van der Waals surface area contributed by atoms with E-state index in [2.05, 4.69) is 12.3 Å². The van der Waals surface area contributed by atoms with Crippen LogP contribution in [-0.4, -0.2) is 28.6 Å². The zero-order chi connectivity index (χ0) is 20.5. The van der Waals surface area contributed by atoms with Gasteiger partial charge < -0.3 is 10.00 Å². The Morgan fingerprint density at radius 3 is 2.11 bits per heavy atom. The molecular weight excluding hydrogens is 367 g/mol. The number of unbranched alkanes of at least 4 members (excludes halogenated alkanes) is 7. The summed E-state index contributed by atoms with van der Waals surface area (Å²) < 4.78 is 10.5. The molecule has 0 spiro atoms. The molecule has 0 aliphatic heterocycles. The minimum atomic E-state index is -2.91. The van der Waals surface area contributed by atoms with Crippen LogP contribution in [-0.2, 0) is 14.2 Å². The van der Waals surface area contributed by atoms with Crippen molar-refractivity contribution in [2.24, 2.45) is 5.84 Å². The quantitative estimate of drug-likeness (QED) is 0.130. The summed E-state index contributed by atoms with van der Waals surface area (Å²) in [6.07, 6.45) is 11.1. The molecule has 0 saturated carbocycles. The molecule has 0 aromatic heterocycles. The summed E-state index contributed by atoms with van der Waals surface area (Å²) in [4.78, 5) is 34.4. The van der Waals surface area contributed by atoms with Crippen LogP contribution in [0.1, 0.15) is 96.8 Å². The number of hydrogen-bond acceptors (Lipinski definition) is 7. The van der Waals surface area contributed by atoms with Crippen molar-refractivity contribution in [2.45, 2.75) is 109 Å². The van der Waals surface area contributed by atoms with Gasteiger partial charge in [0.05, 0.1) is 6.04 Å². The molecule has 0 aromatic carbocycles. The number of aliphatic hydroxyl groups excluding tert-OH is 1. The Kier molecular flexibility index (Phi) is 16.9. The molecule has 0 amide bonds. The van der Waals surface area contributed by atoms with E-state index in [0.29, 0.717) is 19.3 Å². The molecule has 27 heavy (non-hydrogen) atoms. The fourth-order valence-electron chi connectivity index (χ4n) is 2.97. The van der Waals surface area contributed by atoms with Crippen molar-refractivity contribution < 1.29 is 24.2 Å². The van der Waals surface area contributed by atoms with Crippen LogP contribution >= 0.6 is 8.03 Å². The Bertz CT molecular complexity index is 434. The summed E-state index contributed by atoms with van der Waals surface area (Å²) >= 11 is 0. The summed E-state index contributed by atoms with van der Waals surface area (Å²) in [6, 6.07) is -0.441. The van der Waals surface area contributed by atoms with E-state index in [-0.39, 0.29) is 30.8 Å². The molecule has 8 heteroatoms. The van der Waals surface area contributed by atoms with Gasteiger partial charge in [0.2, 0.25) is 5.85 Å². The first-order valence-corrected chi connectivity index (χ1v) is 11.5. The minimum Gasteiger partial charge on any atom is -0.593 e. The fourth-order valence-corrected chi connectivity index (χ4v) is 3.31. The first-order valence-electron chi connectivity index (χ1n) is 10.2. The van der Waals surface area contributed by atoms with E-state index < -0.39 is 19.9 Å². The fraction of sp³-hybridized carbons (Fsp3) is 0.895. The Labute approximate surface area is 164 Å². The van der Waals surface area contributed by atoms with Crippen molar-refractivity contribution in [3.05, 3.63) is 0 Å². The van der Waals surface area contributed by atoms with E-state index in [1.54, 1.807) is 0 Å². The lowest BCUT2D eigenvalue weighted by atomic mass is 9.99. The Hall–Kier alpha value is -0.720. The van der Waals surface area contributed by atoms with Crippen LogP contribution in [0.5, 0.6) is 0 Å². The van der Waals surface area contributed by atoms with Crippen molar-refractivity contribution in [3.8, 4) is 0 Å². The number of hydrogen-bond donors (Lipinski definition) is 3. The third-order valence-corrected chi connectivity index (χ3v) is 5.48. The first-order chi connectivity index (χ1) is 12.9. The minimum absolute atomic E-state index is 0.0252. The number of rotatable bonds is 19. The number of ketones is 2. The molecule has 0 heterocycles. The maximum atomic E-state index is 12.2. The van der Waals surface area contributed by atoms with Crippen LogP contribution in [0.25, 0.3) is 0 Å². The number of nitrogens with two attached hydrogens (primary N) is 1. The lowest BCUT2D eigenvalue weighted by molar-refractivity contribution is -0.172. The van der Waals surface area contributed by atoms with E-state index in [0.717, 1.165) is 19.3 Å². The second-order valence-electron chi connectivity index (χ2n) is 7.15. The van der Waals surface area contributed by atoms with Gasteiger partial charge in [-0.1, -0.05) is 56.4 Å². The van der Waals surface area contributed by atoms with Crippen LogP contribution in [0.15, 0.2) is 0 Å². The molecule has 0 aliphatic carbocycles. The standard InChI is InChI=1S/C19H37N2O5P/c1-2-3-4-5-6-7-8-9-13-18(23)17(21-20)12-10-11-16(22)14-15-19(24)27(25)26/h17,19,21,24H,2-15,20H2,1H3. The Balaban J connectivity index is 3.81. The third-order valence-electron chi connectivity index (χ3n) is 4.74. The van der Waals surface area contributed by atoms with Gasteiger partial charge in [0, 0.05) is 25.7 Å². The molecule has 158 valence electrons. The highest BCUT2D eigenvalue weighted by atomic mass is 31.1. The van der Waals surface area contributed by atoms with Gasteiger partial charge in [0.25, 0.3) is 0 Å². The van der Waals surface area contributed by atoms with Crippen LogP contribution in [0.3, 0.4) is 0 Å². The highest BCUT2D eigenvalue weighted by molar-refractivity contribution is 7.37. The number of carbonyl (C=O) groups excluding carboxylic acids is 2. The molecule has 0 saturated heterocycles. The third kappa shape index (κ3) is 14.9. The largest absolute Gasteiger partial charge is 0.593 e. The van der Waals surface area contributed by atoms with Crippen molar-refractivity contribution in [3.63, 3.8) is 0 Å². The molecule has 0 fully saturated rings. The zero-order valence-corrected chi connectivity index (χ0v) is 17.6. The lowest BCUT2D eigenvalue weighted by Gasteiger charge is -2.14. The van der Waals surface area contributed by atoms with Crippen LogP contribution in [0, 0.1) is 0 Å².